The van der Waals surface area contributed by atoms with Gasteiger partial charge in [-0.25, -0.2) is 0 Å². The van der Waals surface area contributed by atoms with Crippen molar-refractivity contribution in [3.05, 3.63) is 194 Å². The Morgan fingerprint density at radius 3 is 1.51 bits per heavy atom. The molecule has 0 radical (unpaired) electrons. The van der Waals surface area contributed by atoms with Crippen LogP contribution in [0, 0.1) is 0 Å². The van der Waals surface area contributed by atoms with Gasteiger partial charge in [0.25, 0.3) is 0 Å². The third kappa shape index (κ3) is 4.71. The summed E-state index contributed by atoms with van der Waals surface area (Å²) in [6.45, 7) is 0. The molecule has 1 heterocycles. The lowest BCUT2D eigenvalue weighted by molar-refractivity contribution is 0.670. The van der Waals surface area contributed by atoms with Crippen molar-refractivity contribution in [3.8, 4) is 44.5 Å². The van der Waals surface area contributed by atoms with Crippen LogP contribution >= 0.6 is 0 Å². The topological polar surface area (TPSA) is 13.1 Å². The van der Waals surface area contributed by atoms with Gasteiger partial charge in [0, 0.05) is 16.3 Å². The maximum absolute atomic E-state index is 6.76. The van der Waals surface area contributed by atoms with Crippen molar-refractivity contribution in [1.29, 1.82) is 0 Å². The van der Waals surface area contributed by atoms with Gasteiger partial charge in [-0.15, -0.1) is 0 Å². The van der Waals surface area contributed by atoms with E-state index >= 15 is 0 Å². The fourth-order valence-corrected chi connectivity index (χ4v) is 8.61. The normalized spacial score (nSPS) is 11.8. The number of benzene rings is 10. The molecular formula is C52H32O. The average molecular weight is 673 g/mol. The van der Waals surface area contributed by atoms with Crippen molar-refractivity contribution in [2.75, 3.05) is 0 Å². The summed E-state index contributed by atoms with van der Waals surface area (Å²) < 4.78 is 6.76. The van der Waals surface area contributed by atoms with Crippen LogP contribution < -0.4 is 0 Å². The summed E-state index contributed by atoms with van der Waals surface area (Å²) >= 11 is 0. The van der Waals surface area contributed by atoms with E-state index in [-0.39, 0.29) is 0 Å². The summed E-state index contributed by atoms with van der Waals surface area (Å²) in [5, 5.41) is 12.1. The minimum Gasteiger partial charge on any atom is -0.455 e. The minimum absolute atomic E-state index is 0.907. The molecule has 0 amide bonds. The van der Waals surface area contributed by atoms with Gasteiger partial charge in [-0.2, -0.15) is 0 Å². The third-order valence-electron chi connectivity index (χ3n) is 11.0. The maximum atomic E-state index is 6.76. The molecule has 246 valence electrons. The average Bonchev–Trinajstić information content (AvgIpc) is 3.58. The van der Waals surface area contributed by atoms with Crippen LogP contribution in [0.4, 0.5) is 0 Å². The summed E-state index contributed by atoms with van der Waals surface area (Å²) in [4.78, 5) is 0. The van der Waals surface area contributed by atoms with Crippen molar-refractivity contribution in [3.63, 3.8) is 0 Å². The molecule has 10 aromatic carbocycles. The molecule has 0 saturated heterocycles. The van der Waals surface area contributed by atoms with Crippen LogP contribution in [0.1, 0.15) is 0 Å². The van der Waals surface area contributed by atoms with Gasteiger partial charge in [0.2, 0.25) is 0 Å². The highest BCUT2D eigenvalue weighted by Gasteiger charge is 2.21. The van der Waals surface area contributed by atoms with Crippen molar-refractivity contribution >= 4 is 65.0 Å². The highest BCUT2D eigenvalue weighted by molar-refractivity contribution is 6.23. The predicted octanol–water partition coefficient (Wildman–Crippen LogP) is 14.9. The Morgan fingerprint density at radius 2 is 0.792 bits per heavy atom. The molecule has 0 aliphatic rings. The molecule has 0 spiro atoms. The van der Waals surface area contributed by atoms with Gasteiger partial charge in [0.05, 0.1) is 0 Å². The Kier molecular flexibility index (Phi) is 6.62. The molecule has 0 fully saturated rings. The molecule has 1 heteroatoms. The molecule has 1 aromatic heterocycles. The first-order chi connectivity index (χ1) is 26.3. The van der Waals surface area contributed by atoms with Crippen LogP contribution in [0.3, 0.4) is 0 Å². The van der Waals surface area contributed by atoms with Crippen molar-refractivity contribution in [1.82, 2.24) is 0 Å². The molecular weight excluding hydrogens is 641 g/mol. The first-order valence-corrected chi connectivity index (χ1v) is 18.3. The van der Waals surface area contributed by atoms with Gasteiger partial charge in [-0.05, 0) is 112 Å². The lowest BCUT2D eigenvalue weighted by atomic mass is 9.84. The number of hydrogen-bond donors (Lipinski definition) is 0. The van der Waals surface area contributed by atoms with Gasteiger partial charge < -0.3 is 4.42 Å². The second-order valence-electron chi connectivity index (χ2n) is 14.0. The molecule has 0 N–H and O–H groups in total. The summed E-state index contributed by atoms with van der Waals surface area (Å²) in [6, 6.07) is 70.6. The number of furan rings is 1. The summed E-state index contributed by atoms with van der Waals surface area (Å²) in [6.07, 6.45) is 0. The van der Waals surface area contributed by atoms with Crippen LogP contribution in [0.25, 0.3) is 110 Å². The van der Waals surface area contributed by atoms with Crippen LogP contribution in [-0.4, -0.2) is 0 Å². The van der Waals surface area contributed by atoms with E-state index in [9.17, 15) is 0 Å². The second kappa shape index (κ2) is 11.8. The first kappa shape index (κ1) is 29.7. The summed E-state index contributed by atoms with van der Waals surface area (Å²) in [5.41, 5.74) is 11.4. The highest BCUT2D eigenvalue weighted by atomic mass is 16.3. The van der Waals surface area contributed by atoms with E-state index in [2.05, 4.69) is 194 Å². The quantitative estimate of drug-likeness (QED) is 0.170. The smallest absolute Gasteiger partial charge is 0.143 e. The van der Waals surface area contributed by atoms with E-state index in [0.29, 0.717) is 0 Å². The Morgan fingerprint density at radius 1 is 0.264 bits per heavy atom. The monoisotopic (exact) mass is 672 g/mol. The van der Waals surface area contributed by atoms with Crippen molar-refractivity contribution in [2.24, 2.45) is 0 Å². The molecule has 0 bridgehead atoms. The molecule has 0 aliphatic carbocycles. The van der Waals surface area contributed by atoms with E-state index in [1.54, 1.807) is 0 Å². The third-order valence-corrected chi connectivity index (χ3v) is 11.0. The number of fused-ring (bicyclic) bond motifs is 7. The lowest BCUT2D eigenvalue weighted by Crippen LogP contribution is -1.92. The minimum atomic E-state index is 0.907. The van der Waals surface area contributed by atoms with Gasteiger partial charge in [0.1, 0.15) is 11.2 Å². The fourth-order valence-electron chi connectivity index (χ4n) is 8.61. The zero-order valence-corrected chi connectivity index (χ0v) is 28.9. The highest BCUT2D eigenvalue weighted by Crippen LogP contribution is 2.47. The van der Waals surface area contributed by atoms with E-state index in [0.717, 1.165) is 33.1 Å². The SMILES string of the molecule is c1ccc(-c2cc(-c3c4ccccc4c(-c4cccc(-c5cccc6ccccc56)c4)c4ccccc34)cc3c2oc2cc4ccccc4cc23)cc1. The number of hydrogen-bond acceptors (Lipinski definition) is 1. The van der Waals surface area contributed by atoms with Gasteiger partial charge in [-0.1, -0.05) is 164 Å². The van der Waals surface area contributed by atoms with Crippen molar-refractivity contribution < 1.29 is 4.42 Å². The van der Waals surface area contributed by atoms with E-state index in [4.69, 9.17) is 4.42 Å². The second-order valence-corrected chi connectivity index (χ2v) is 14.0. The zero-order valence-electron chi connectivity index (χ0n) is 28.9. The van der Waals surface area contributed by atoms with Gasteiger partial charge in [0.15, 0.2) is 0 Å². The Hall–Kier alpha value is -6.96. The maximum Gasteiger partial charge on any atom is 0.143 e. The standard InChI is InChI=1S/C52H32O/c1-2-14-34(15-3-1)46-30-39(31-48-47-29-35-17-4-5-18-36(35)32-49(47)53-52(46)48)51-44-25-10-8-23-42(44)50(43-24-9-11-26-45(43)51)38-21-12-20-37(28-38)41-27-13-19-33-16-6-7-22-40(33)41/h1-32H. The van der Waals surface area contributed by atoms with Crippen LogP contribution in [-0.2, 0) is 0 Å². The molecule has 0 atom stereocenters. The molecule has 0 aliphatic heterocycles. The summed E-state index contributed by atoms with van der Waals surface area (Å²) in [5.74, 6) is 0. The Labute approximate surface area is 307 Å². The molecule has 53 heavy (non-hydrogen) atoms. The molecule has 0 saturated carbocycles. The van der Waals surface area contributed by atoms with E-state index < -0.39 is 0 Å². The van der Waals surface area contributed by atoms with Crippen LogP contribution in [0.15, 0.2) is 199 Å². The predicted molar refractivity (Wildman–Crippen MR) is 225 cm³/mol. The van der Waals surface area contributed by atoms with Gasteiger partial charge >= 0.3 is 0 Å². The molecule has 11 aromatic rings. The Balaban J connectivity index is 1.21. The largest absolute Gasteiger partial charge is 0.455 e. The molecule has 11 rings (SSSR count). The van der Waals surface area contributed by atoms with E-state index in [1.165, 1.54) is 76.5 Å². The first-order valence-electron chi connectivity index (χ1n) is 18.3. The van der Waals surface area contributed by atoms with Crippen LogP contribution in [0.2, 0.25) is 0 Å². The van der Waals surface area contributed by atoms with Gasteiger partial charge in [-0.3, -0.25) is 0 Å². The lowest BCUT2D eigenvalue weighted by Gasteiger charge is -2.19. The number of rotatable bonds is 4. The fraction of sp³-hybridized carbons (Fsp3) is 0. The molecule has 0 unspecified atom stereocenters. The van der Waals surface area contributed by atoms with E-state index in [1.807, 2.05) is 0 Å². The zero-order chi connectivity index (χ0) is 34.9. The molecule has 1 nitrogen and oxygen atoms in total. The summed E-state index contributed by atoms with van der Waals surface area (Å²) in [7, 11) is 0. The Bertz CT molecular complexity index is 3160. The van der Waals surface area contributed by atoms with Crippen molar-refractivity contribution in [2.45, 2.75) is 0 Å². The van der Waals surface area contributed by atoms with Crippen LogP contribution in [0.5, 0.6) is 0 Å².